The van der Waals surface area contributed by atoms with Gasteiger partial charge >= 0.3 is 5.97 Å². The molecule has 0 unspecified atom stereocenters. The number of rotatable bonds is 8. The lowest BCUT2D eigenvalue weighted by Crippen LogP contribution is -2.36. The van der Waals surface area contributed by atoms with Crippen molar-refractivity contribution in [3.05, 3.63) is 71.8 Å². The molecule has 0 saturated carbocycles. The smallest absolute Gasteiger partial charge is 0.329 e. The average molecular weight is 512 g/mol. The van der Waals surface area contributed by atoms with Crippen LogP contribution in [0.5, 0.6) is 5.88 Å². The van der Waals surface area contributed by atoms with Gasteiger partial charge in [-0.1, -0.05) is 0 Å². The number of nitrogen functional groups attached to an aromatic ring is 1. The minimum Gasteiger partial charge on any atom is -0.480 e. The molecule has 192 valence electrons. The minimum absolute atomic E-state index is 0.0553. The summed E-state index contributed by atoms with van der Waals surface area (Å²) < 4.78 is 48.2. The van der Waals surface area contributed by atoms with Crippen molar-refractivity contribution < 1.29 is 27.8 Å². The van der Waals surface area contributed by atoms with Crippen molar-refractivity contribution in [1.29, 1.82) is 0 Å². The van der Waals surface area contributed by atoms with Gasteiger partial charge < -0.3 is 20.1 Å². The lowest BCUT2D eigenvalue weighted by molar-refractivity contribution is -0.145. The first-order chi connectivity index (χ1) is 17.5. The molecule has 4 aromatic rings. The van der Waals surface area contributed by atoms with Crippen LogP contribution in [0.25, 0.3) is 22.4 Å². The number of halogens is 3. The average Bonchev–Trinajstić information content (AvgIpc) is 3.32. The van der Waals surface area contributed by atoms with Crippen LogP contribution < -0.4 is 10.5 Å². The van der Waals surface area contributed by atoms with Gasteiger partial charge in [-0.05, 0) is 62.7 Å². The summed E-state index contributed by atoms with van der Waals surface area (Å²) in [6, 6.07) is 8.15. The molecule has 3 N–H and O–H groups in total. The molecular formula is C25H23F3N6O3. The number of hydrogen-bond donors (Lipinski definition) is 2. The predicted molar refractivity (Wildman–Crippen MR) is 128 cm³/mol. The third-order valence-electron chi connectivity index (χ3n) is 5.68. The molecule has 3 heterocycles. The number of pyridine rings is 1. The number of carboxylic acid groups (broad SMARTS) is 1. The van der Waals surface area contributed by atoms with Crippen LogP contribution in [0.1, 0.15) is 37.5 Å². The number of anilines is 1. The zero-order valence-corrected chi connectivity index (χ0v) is 20.1. The van der Waals surface area contributed by atoms with Gasteiger partial charge in [-0.25, -0.2) is 27.9 Å². The van der Waals surface area contributed by atoms with Crippen LogP contribution in [0, 0.1) is 12.7 Å². The molecule has 0 amide bonds. The lowest BCUT2D eigenvalue weighted by Gasteiger charge is -2.23. The van der Waals surface area contributed by atoms with Crippen LogP contribution >= 0.6 is 0 Å². The number of alkyl halides is 2. The van der Waals surface area contributed by atoms with E-state index in [-0.39, 0.29) is 41.1 Å². The number of aliphatic carboxylic acids is 1. The number of nitrogens with two attached hydrogens (primary N) is 1. The molecule has 1 aromatic carbocycles. The van der Waals surface area contributed by atoms with E-state index in [4.69, 9.17) is 10.5 Å². The van der Waals surface area contributed by atoms with Gasteiger partial charge in [0.25, 0.3) is 6.43 Å². The van der Waals surface area contributed by atoms with E-state index in [2.05, 4.69) is 19.9 Å². The van der Waals surface area contributed by atoms with Crippen molar-refractivity contribution >= 4 is 11.9 Å². The Morgan fingerprint density at radius 2 is 1.84 bits per heavy atom. The Bertz CT molecular complexity index is 1450. The monoisotopic (exact) mass is 512 g/mol. The number of imidazole rings is 1. The number of carbonyl (C=O) groups is 1. The summed E-state index contributed by atoms with van der Waals surface area (Å²) in [7, 11) is 0. The molecule has 0 aliphatic heterocycles. The molecule has 0 fully saturated rings. The van der Waals surface area contributed by atoms with Gasteiger partial charge in [0.1, 0.15) is 29.5 Å². The first-order valence-electron chi connectivity index (χ1n) is 11.1. The quantitative estimate of drug-likeness (QED) is 0.346. The maximum atomic E-state index is 13.6. The van der Waals surface area contributed by atoms with Gasteiger partial charge in [0.15, 0.2) is 0 Å². The van der Waals surface area contributed by atoms with E-state index in [1.807, 2.05) is 0 Å². The van der Waals surface area contributed by atoms with Crippen molar-refractivity contribution in [2.45, 2.75) is 39.3 Å². The van der Waals surface area contributed by atoms with E-state index in [1.165, 1.54) is 61.1 Å². The number of carboxylic acids is 1. The molecule has 37 heavy (non-hydrogen) atoms. The number of hydrogen-bond acceptors (Lipinski definition) is 7. The van der Waals surface area contributed by atoms with Crippen molar-refractivity contribution in [2.75, 3.05) is 5.73 Å². The van der Waals surface area contributed by atoms with Crippen LogP contribution in [-0.4, -0.2) is 35.6 Å². The Morgan fingerprint density at radius 3 is 2.49 bits per heavy atom. The molecule has 3 aromatic heterocycles. The van der Waals surface area contributed by atoms with Gasteiger partial charge in [0.2, 0.25) is 11.8 Å². The Hall–Kier alpha value is -4.48. The van der Waals surface area contributed by atoms with E-state index in [9.17, 15) is 23.1 Å². The highest BCUT2D eigenvalue weighted by atomic mass is 19.3. The molecule has 0 atom stereocenters. The van der Waals surface area contributed by atoms with Crippen molar-refractivity contribution in [3.8, 4) is 28.3 Å². The second-order valence-electron chi connectivity index (χ2n) is 8.71. The SMILES string of the molecule is Cc1cc(-c2c(OCc3nccn3C(C)(C)C(=O)O)nc(N)nc2-c2ccc(F)cc2)cc(C(F)F)n1. The fourth-order valence-electron chi connectivity index (χ4n) is 3.77. The van der Waals surface area contributed by atoms with Crippen LogP contribution in [-0.2, 0) is 16.9 Å². The summed E-state index contributed by atoms with van der Waals surface area (Å²) in [6.07, 6.45) is 0.106. The molecule has 0 saturated heterocycles. The zero-order valence-electron chi connectivity index (χ0n) is 20.1. The summed E-state index contributed by atoms with van der Waals surface area (Å²) in [6.45, 7) is 4.36. The highest BCUT2D eigenvalue weighted by Gasteiger charge is 2.31. The first-order valence-corrected chi connectivity index (χ1v) is 11.1. The number of benzene rings is 1. The van der Waals surface area contributed by atoms with E-state index >= 15 is 0 Å². The predicted octanol–water partition coefficient (Wildman–Crippen LogP) is 4.77. The fraction of sp³-hybridized carbons (Fsp3) is 0.240. The van der Waals surface area contributed by atoms with Crippen LogP contribution in [0.2, 0.25) is 0 Å². The molecule has 0 aliphatic carbocycles. The standard InChI is InChI=1S/C25H23F3N6O3/c1-13-10-15(11-17(31-13)21(27)28)19-20(14-4-6-16(26)7-5-14)32-24(29)33-22(19)37-12-18-30-8-9-34(18)25(2,3)23(35)36/h4-11,21H,12H2,1-3H3,(H,35,36)(H2,29,32,33). The van der Waals surface area contributed by atoms with Crippen LogP contribution in [0.4, 0.5) is 19.1 Å². The first kappa shape index (κ1) is 25.6. The second-order valence-corrected chi connectivity index (χ2v) is 8.71. The van der Waals surface area contributed by atoms with Gasteiger partial charge in [0, 0.05) is 23.7 Å². The molecule has 4 rings (SSSR count). The normalized spacial score (nSPS) is 11.6. The van der Waals surface area contributed by atoms with E-state index < -0.39 is 29.4 Å². The van der Waals surface area contributed by atoms with Crippen molar-refractivity contribution in [1.82, 2.24) is 24.5 Å². The summed E-state index contributed by atoms with van der Waals surface area (Å²) >= 11 is 0. The molecule has 9 nitrogen and oxygen atoms in total. The molecule has 0 bridgehead atoms. The van der Waals surface area contributed by atoms with Crippen LogP contribution in [0.15, 0.2) is 48.8 Å². The maximum absolute atomic E-state index is 13.6. The summed E-state index contributed by atoms with van der Waals surface area (Å²) in [5.74, 6) is -1.51. The van der Waals surface area contributed by atoms with E-state index in [1.54, 1.807) is 13.0 Å². The number of nitrogens with zero attached hydrogens (tertiary/aromatic N) is 5. The Morgan fingerprint density at radius 1 is 1.14 bits per heavy atom. The van der Waals surface area contributed by atoms with Gasteiger partial charge in [0.05, 0.1) is 11.3 Å². The molecular weight excluding hydrogens is 489 g/mol. The summed E-state index contributed by atoms with van der Waals surface area (Å²) in [5, 5.41) is 9.61. The third-order valence-corrected chi connectivity index (χ3v) is 5.68. The Labute approximate surface area is 209 Å². The summed E-state index contributed by atoms with van der Waals surface area (Å²) in [5.41, 5.74) is 5.68. The number of ether oxygens (including phenoxy) is 1. The molecule has 12 heteroatoms. The summed E-state index contributed by atoms with van der Waals surface area (Å²) in [4.78, 5) is 28.3. The topological polar surface area (TPSA) is 129 Å². The van der Waals surface area contributed by atoms with Crippen molar-refractivity contribution in [3.63, 3.8) is 0 Å². The largest absolute Gasteiger partial charge is 0.480 e. The molecule has 0 spiro atoms. The number of aryl methyl sites for hydroxylation is 1. The van der Waals surface area contributed by atoms with Crippen LogP contribution in [0.3, 0.4) is 0 Å². The highest BCUT2D eigenvalue weighted by molar-refractivity contribution is 5.85. The van der Waals surface area contributed by atoms with E-state index in [0.29, 0.717) is 11.3 Å². The van der Waals surface area contributed by atoms with Gasteiger partial charge in [-0.3, -0.25) is 4.98 Å². The Balaban J connectivity index is 1.87. The highest BCUT2D eigenvalue weighted by Crippen LogP contribution is 2.39. The molecule has 0 aliphatic rings. The van der Waals surface area contributed by atoms with E-state index in [0.717, 1.165) is 0 Å². The Kier molecular flexibility index (Phi) is 6.84. The second kappa shape index (κ2) is 9.88. The minimum atomic E-state index is -2.84. The molecule has 0 radical (unpaired) electrons. The third kappa shape index (κ3) is 5.22. The van der Waals surface area contributed by atoms with Gasteiger partial charge in [-0.15, -0.1) is 0 Å². The lowest BCUT2D eigenvalue weighted by atomic mass is 9.99. The van der Waals surface area contributed by atoms with Gasteiger partial charge in [-0.2, -0.15) is 4.98 Å². The number of aromatic nitrogens is 5. The maximum Gasteiger partial charge on any atom is 0.329 e. The fourth-order valence-corrected chi connectivity index (χ4v) is 3.77. The zero-order chi connectivity index (χ0) is 26.9. The van der Waals surface area contributed by atoms with Crippen molar-refractivity contribution in [2.24, 2.45) is 0 Å².